The maximum Gasteiger partial charge on any atom is 0.128 e. The van der Waals surface area contributed by atoms with Crippen molar-refractivity contribution < 1.29 is 30.6 Å². The first-order chi connectivity index (χ1) is 44.8. The Balaban J connectivity index is 1.30. The number of aromatic hydroxyl groups is 6. The molecule has 6 N–H and O–H groups in total. The van der Waals surface area contributed by atoms with Gasteiger partial charge >= 0.3 is 0 Å². The second-order valence-corrected chi connectivity index (χ2v) is 33.6. The first-order valence-corrected chi connectivity index (χ1v) is 34.3. The molecule has 0 saturated carbocycles. The van der Waals surface area contributed by atoms with Gasteiger partial charge in [0.25, 0.3) is 0 Å². The van der Waals surface area contributed by atoms with E-state index in [4.69, 9.17) is 0 Å². The second-order valence-electron chi connectivity index (χ2n) is 33.6. The van der Waals surface area contributed by atoms with Crippen molar-refractivity contribution in [2.45, 2.75) is 216 Å². The van der Waals surface area contributed by atoms with Crippen LogP contribution in [0, 0.1) is 0 Å². The highest BCUT2D eigenvalue weighted by Gasteiger charge is 2.32. The molecule has 1 aliphatic rings. The molecule has 0 spiro atoms. The quantitative estimate of drug-likeness (QED) is 0.0963. The first-order valence-electron chi connectivity index (χ1n) is 34.3. The van der Waals surface area contributed by atoms with Crippen LogP contribution in [0.5, 0.6) is 34.5 Å². The topological polar surface area (TPSA) is 131 Å². The molecule has 504 valence electrons. The zero-order chi connectivity index (χ0) is 69.8. The highest BCUT2D eigenvalue weighted by Crippen LogP contribution is 2.50. The molecule has 12 bridgehead atoms. The van der Waals surface area contributed by atoms with Gasteiger partial charge < -0.3 is 30.6 Å². The summed E-state index contributed by atoms with van der Waals surface area (Å²) in [6.07, 6.45) is 0. The molecule has 0 amide bonds. The molecule has 1 heterocycles. The van der Waals surface area contributed by atoms with E-state index in [0.717, 1.165) is 50.1 Å². The summed E-state index contributed by atoms with van der Waals surface area (Å²) in [5.74, 6) is 0.313. The lowest BCUT2D eigenvalue weighted by Gasteiger charge is -2.30. The largest absolute Gasteiger partial charge is 0.507 e. The van der Waals surface area contributed by atoms with Crippen molar-refractivity contribution >= 4 is 0 Å². The Bertz CT molecular complexity index is 3630. The summed E-state index contributed by atoms with van der Waals surface area (Å²) in [5, 5.41) is 79.4. The fraction of sp³-hybridized carbons (Fsp3) is 0.379. The highest BCUT2D eigenvalue weighted by atomic mass is 16.3. The predicted octanol–water partition coefficient (Wildman–Crippen LogP) is 20.6. The van der Waals surface area contributed by atoms with Crippen LogP contribution in [0.25, 0.3) is 33.4 Å². The third kappa shape index (κ3) is 16.0. The normalized spacial score (nSPS) is 14.6. The molecule has 9 nitrogen and oxygen atoms in total. The zero-order valence-corrected chi connectivity index (χ0v) is 60.5. The van der Waals surface area contributed by atoms with Gasteiger partial charge in [-0.25, -0.2) is 0 Å². The summed E-state index contributed by atoms with van der Waals surface area (Å²) in [6.45, 7) is 42.0. The lowest BCUT2D eigenvalue weighted by molar-refractivity contribution is 0.240. The fourth-order valence-corrected chi connectivity index (χ4v) is 13.2. The number of rotatable bonds is 6. The SMILES string of the molecule is CC(C)(C)c1cc2c(O)c(c1)-c1cc(C(C)(C)C)cc(c1O)CN(Cc1ccccc1)Cc1cc(C(C)(C)C)cc(c1O)-c1cc(C(C)(C)C)cc(c1O)CN(Cc1ccccc1)Cc1cc(C(C)(C)C)cc(c1O)-c1cc(C(C)(C)C)cc(c1O)CN(Cc1ccccc1)C2. The van der Waals surface area contributed by atoms with Gasteiger partial charge in [0, 0.05) is 126 Å². The predicted molar refractivity (Wildman–Crippen MR) is 396 cm³/mol. The van der Waals surface area contributed by atoms with Gasteiger partial charge in [0.1, 0.15) is 34.5 Å². The Labute approximate surface area is 573 Å². The van der Waals surface area contributed by atoms with E-state index in [1.165, 1.54) is 0 Å². The number of hydrogen-bond donors (Lipinski definition) is 6. The maximum atomic E-state index is 13.2. The van der Waals surface area contributed by atoms with Gasteiger partial charge in [-0.15, -0.1) is 0 Å². The lowest BCUT2D eigenvalue weighted by Crippen LogP contribution is -2.24. The minimum atomic E-state index is -0.391. The van der Waals surface area contributed by atoms with Gasteiger partial charge in [-0.2, -0.15) is 0 Å². The van der Waals surface area contributed by atoms with E-state index in [2.05, 4.69) is 212 Å². The number of nitrogens with zero attached hydrogens (tertiary/aromatic N) is 3. The Hall–Kier alpha value is -8.34. The van der Waals surface area contributed by atoms with Crippen LogP contribution in [0.2, 0.25) is 0 Å². The van der Waals surface area contributed by atoms with Crippen LogP contribution in [0.4, 0.5) is 0 Å². The molecule has 0 radical (unpaired) electrons. The Morgan fingerprint density at radius 1 is 0.229 bits per heavy atom. The van der Waals surface area contributed by atoms with Crippen LogP contribution in [-0.2, 0) is 91.4 Å². The lowest BCUT2D eigenvalue weighted by atomic mass is 9.80. The molecule has 9 aromatic carbocycles. The Morgan fingerprint density at radius 3 is 0.510 bits per heavy atom. The van der Waals surface area contributed by atoms with Crippen molar-refractivity contribution in [2.75, 3.05) is 0 Å². The van der Waals surface area contributed by atoms with Crippen molar-refractivity contribution in [3.8, 4) is 67.9 Å². The fourth-order valence-electron chi connectivity index (χ4n) is 13.2. The number of phenolic OH excluding ortho intramolecular Hbond substituents is 6. The molecule has 9 heteroatoms. The molecule has 0 aromatic heterocycles. The average molecular weight is 1290 g/mol. The molecule has 0 aliphatic carbocycles. The van der Waals surface area contributed by atoms with Crippen LogP contribution in [0.1, 0.15) is 208 Å². The third-order valence-corrected chi connectivity index (χ3v) is 19.3. The van der Waals surface area contributed by atoms with E-state index in [9.17, 15) is 30.6 Å². The minimum absolute atomic E-state index is 0.0522. The van der Waals surface area contributed by atoms with E-state index in [1.54, 1.807) is 0 Å². The third-order valence-electron chi connectivity index (χ3n) is 19.3. The summed E-state index contributed by atoms with van der Waals surface area (Å²) < 4.78 is 0. The van der Waals surface area contributed by atoms with Gasteiger partial charge in [0.2, 0.25) is 0 Å². The smallest absolute Gasteiger partial charge is 0.128 e. The molecule has 9 aromatic rings. The van der Waals surface area contributed by atoms with E-state index < -0.39 is 32.5 Å². The maximum absolute atomic E-state index is 13.2. The Kier molecular flexibility index (Phi) is 19.8. The van der Waals surface area contributed by atoms with Crippen molar-refractivity contribution in [1.82, 2.24) is 14.7 Å². The summed E-state index contributed by atoms with van der Waals surface area (Å²) in [5.41, 5.74) is 13.7. The molecular weight excluding hydrogens is 1180 g/mol. The highest BCUT2D eigenvalue weighted by molar-refractivity contribution is 5.82. The van der Waals surface area contributed by atoms with Gasteiger partial charge in [-0.05, 0) is 119 Å². The van der Waals surface area contributed by atoms with Crippen molar-refractivity contribution in [1.29, 1.82) is 0 Å². The summed E-state index contributed by atoms with van der Waals surface area (Å²) in [7, 11) is 0. The molecule has 96 heavy (non-hydrogen) atoms. The molecular formula is C87H105N3O6. The van der Waals surface area contributed by atoms with E-state index in [1.807, 2.05) is 91.0 Å². The number of hydrogen-bond acceptors (Lipinski definition) is 9. The van der Waals surface area contributed by atoms with Gasteiger partial charge in [-0.3, -0.25) is 14.7 Å². The molecule has 1 aliphatic heterocycles. The standard InChI is InChI=1S/C87H105N3O6/c1-82(2,3)64-34-58-49-88(46-55-28-22-19-23-29-55)50-60-36-66(84(7,8)9)42-72(78(60)93)73-43-68(86(13,14)15)38-62(80(73)95)53-90(48-57-32-26-21-27-33-57)54-63-39-69(87(16,17)18)45-75(81(63)96)74-44-67(85(10,11)12)37-61(79(74)94)52-89(47-56-30-24-20-25-31-56)51-59-35-65(83(4,5)6)41-71(77(59)92)70(40-64)76(58)91/h19-45,91-96H,46-54H2,1-18H3. The van der Waals surface area contributed by atoms with Crippen molar-refractivity contribution in [3.63, 3.8) is 0 Å². The molecule has 0 saturated heterocycles. The van der Waals surface area contributed by atoms with Gasteiger partial charge in [-0.1, -0.05) is 252 Å². The van der Waals surface area contributed by atoms with Crippen LogP contribution in [-0.4, -0.2) is 45.3 Å². The number of benzene rings is 9. The molecule has 0 fully saturated rings. The zero-order valence-electron chi connectivity index (χ0n) is 60.5. The van der Waals surface area contributed by atoms with Crippen molar-refractivity contribution in [3.05, 3.63) is 247 Å². The van der Waals surface area contributed by atoms with E-state index >= 15 is 0 Å². The van der Waals surface area contributed by atoms with Crippen LogP contribution < -0.4 is 0 Å². The monoisotopic (exact) mass is 1290 g/mol. The summed E-state index contributed by atoms with van der Waals surface area (Å²) in [4.78, 5) is 6.79. The molecule has 0 atom stereocenters. The minimum Gasteiger partial charge on any atom is -0.507 e. The number of phenols is 6. The summed E-state index contributed by atoms with van der Waals surface area (Å²) in [6, 6.07) is 55.7. The second kappa shape index (κ2) is 26.9. The number of fused-ring (bicyclic) bond motifs is 15. The molecule has 0 unspecified atom stereocenters. The Morgan fingerprint density at radius 2 is 0.375 bits per heavy atom. The van der Waals surface area contributed by atoms with Crippen molar-refractivity contribution in [2.24, 2.45) is 0 Å². The van der Waals surface area contributed by atoms with E-state index in [0.29, 0.717) is 86.4 Å². The summed E-state index contributed by atoms with van der Waals surface area (Å²) >= 11 is 0. The van der Waals surface area contributed by atoms with Gasteiger partial charge in [0.05, 0.1) is 0 Å². The van der Waals surface area contributed by atoms with Crippen LogP contribution in [0.3, 0.4) is 0 Å². The first kappa shape index (κ1) is 70.5. The average Bonchev–Trinajstić information content (AvgIpc) is 0.776. The van der Waals surface area contributed by atoms with Crippen LogP contribution >= 0.6 is 0 Å². The van der Waals surface area contributed by atoms with Gasteiger partial charge in [0.15, 0.2) is 0 Å². The van der Waals surface area contributed by atoms with Crippen LogP contribution in [0.15, 0.2) is 164 Å². The van der Waals surface area contributed by atoms with E-state index in [-0.39, 0.29) is 73.8 Å². The molecule has 10 rings (SSSR count).